The molecule has 23 heavy (non-hydrogen) atoms. The Bertz CT molecular complexity index is 600. The molecule has 0 aliphatic rings. The third kappa shape index (κ3) is 6.39. The topological polar surface area (TPSA) is 45.5 Å². The van der Waals surface area contributed by atoms with Gasteiger partial charge in [0, 0.05) is 44.1 Å². The van der Waals surface area contributed by atoms with Crippen molar-refractivity contribution in [3.63, 3.8) is 0 Å². The summed E-state index contributed by atoms with van der Waals surface area (Å²) in [5, 5.41) is 4.09. The zero-order valence-corrected chi connectivity index (χ0v) is 16.5. The van der Waals surface area contributed by atoms with Gasteiger partial charge < -0.3 is 14.8 Å². The second kappa shape index (κ2) is 10.5. The number of rotatable bonds is 6. The maximum absolute atomic E-state index is 6.22. The number of halogens is 2. The average molecular weight is 448 g/mol. The number of imidazole rings is 1. The molecular formula is C16H23ClIN5. The van der Waals surface area contributed by atoms with Gasteiger partial charge in [0.15, 0.2) is 5.96 Å². The fourth-order valence-electron chi connectivity index (χ4n) is 2.12. The van der Waals surface area contributed by atoms with Crippen LogP contribution >= 0.6 is 35.6 Å². The lowest BCUT2D eigenvalue weighted by Gasteiger charge is -2.22. The van der Waals surface area contributed by atoms with Gasteiger partial charge in [-0.25, -0.2) is 4.98 Å². The van der Waals surface area contributed by atoms with Crippen molar-refractivity contribution in [3.8, 4) is 0 Å². The molecule has 2 rings (SSSR count). The zero-order valence-electron chi connectivity index (χ0n) is 13.4. The van der Waals surface area contributed by atoms with Crippen LogP contribution in [0.15, 0.2) is 48.0 Å². The molecule has 0 spiro atoms. The summed E-state index contributed by atoms with van der Waals surface area (Å²) in [6.45, 7) is 5.13. The highest BCUT2D eigenvalue weighted by atomic mass is 127. The Morgan fingerprint density at radius 1 is 1.39 bits per heavy atom. The number of hydrogen-bond donors (Lipinski definition) is 1. The summed E-state index contributed by atoms with van der Waals surface area (Å²) in [5.74, 6) is 0.877. The van der Waals surface area contributed by atoms with Gasteiger partial charge >= 0.3 is 0 Å². The summed E-state index contributed by atoms with van der Waals surface area (Å²) in [6.07, 6.45) is 5.52. The van der Waals surface area contributed by atoms with Crippen molar-refractivity contribution < 1.29 is 0 Å². The molecule has 0 fully saturated rings. The second-order valence-corrected chi connectivity index (χ2v) is 5.39. The van der Waals surface area contributed by atoms with Gasteiger partial charge in [-0.15, -0.1) is 24.0 Å². The van der Waals surface area contributed by atoms with Crippen LogP contribution in [-0.4, -0.2) is 40.5 Å². The highest BCUT2D eigenvalue weighted by Gasteiger charge is 2.08. The third-order valence-corrected chi connectivity index (χ3v) is 3.61. The van der Waals surface area contributed by atoms with Crippen LogP contribution in [0.3, 0.4) is 0 Å². The van der Waals surface area contributed by atoms with Crippen LogP contribution in [-0.2, 0) is 13.1 Å². The molecule has 1 heterocycles. The van der Waals surface area contributed by atoms with E-state index in [1.54, 1.807) is 12.5 Å². The Hall–Kier alpha value is -1.28. The zero-order chi connectivity index (χ0) is 15.8. The maximum atomic E-state index is 6.22. The van der Waals surface area contributed by atoms with Crippen molar-refractivity contribution in [1.29, 1.82) is 0 Å². The number of nitrogens with one attached hydrogen (secondary N) is 1. The number of nitrogens with zero attached hydrogens (tertiary/aromatic N) is 4. The predicted octanol–water partition coefficient (Wildman–Crippen LogP) is 3.25. The highest BCUT2D eigenvalue weighted by Crippen LogP contribution is 2.16. The summed E-state index contributed by atoms with van der Waals surface area (Å²) >= 11 is 6.22. The average Bonchev–Trinajstić information content (AvgIpc) is 3.02. The van der Waals surface area contributed by atoms with E-state index in [2.05, 4.69) is 27.1 Å². The molecule has 0 radical (unpaired) electrons. The molecule has 0 atom stereocenters. The van der Waals surface area contributed by atoms with Gasteiger partial charge in [-0.3, -0.25) is 4.99 Å². The Morgan fingerprint density at radius 3 is 2.83 bits per heavy atom. The van der Waals surface area contributed by atoms with Crippen molar-refractivity contribution in [2.75, 3.05) is 20.1 Å². The summed E-state index contributed by atoms with van der Waals surface area (Å²) in [7, 11) is 2.02. The van der Waals surface area contributed by atoms with Crippen molar-refractivity contribution >= 4 is 41.5 Å². The van der Waals surface area contributed by atoms with E-state index in [9.17, 15) is 0 Å². The second-order valence-electron chi connectivity index (χ2n) is 4.98. The van der Waals surface area contributed by atoms with Crippen LogP contribution in [0, 0.1) is 0 Å². The molecule has 7 heteroatoms. The van der Waals surface area contributed by atoms with E-state index < -0.39 is 0 Å². The Balaban J connectivity index is 0.00000264. The number of hydrogen-bond acceptors (Lipinski definition) is 2. The summed E-state index contributed by atoms with van der Waals surface area (Å²) in [6, 6.07) is 7.89. The van der Waals surface area contributed by atoms with E-state index in [1.807, 2.05) is 42.1 Å². The summed E-state index contributed by atoms with van der Waals surface area (Å²) in [5.41, 5.74) is 1.09. The van der Waals surface area contributed by atoms with Crippen molar-refractivity contribution in [2.24, 2.45) is 4.99 Å². The minimum Gasteiger partial charge on any atom is -0.357 e. The molecule has 5 nitrogen and oxygen atoms in total. The minimum absolute atomic E-state index is 0. The van der Waals surface area contributed by atoms with Crippen LogP contribution in [0.4, 0.5) is 0 Å². The molecule has 126 valence electrons. The lowest BCUT2D eigenvalue weighted by molar-refractivity contribution is 0.476. The van der Waals surface area contributed by atoms with Crippen LogP contribution in [0.5, 0.6) is 0 Å². The number of benzene rings is 1. The summed E-state index contributed by atoms with van der Waals surface area (Å²) < 4.78 is 2.02. The molecule has 0 aliphatic heterocycles. The first-order valence-electron chi connectivity index (χ1n) is 7.39. The molecule has 0 saturated heterocycles. The SMILES string of the molecule is CCNC(=NCCn1ccnc1)N(C)Cc1ccccc1Cl.I. The maximum Gasteiger partial charge on any atom is 0.194 e. The standard InChI is InChI=1S/C16H22ClN5.HI/c1-3-19-16(20-9-11-22-10-8-18-13-22)21(2)12-14-6-4-5-7-15(14)17;/h4-8,10,13H,3,9,11-12H2,1-2H3,(H,19,20);1H. The van der Waals surface area contributed by atoms with Crippen molar-refractivity contribution in [1.82, 2.24) is 19.8 Å². The molecule has 1 aromatic carbocycles. The van der Waals surface area contributed by atoms with E-state index in [1.165, 1.54) is 0 Å². The van der Waals surface area contributed by atoms with Crippen molar-refractivity contribution in [3.05, 3.63) is 53.6 Å². The lowest BCUT2D eigenvalue weighted by atomic mass is 10.2. The van der Waals surface area contributed by atoms with Gasteiger partial charge in [0.25, 0.3) is 0 Å². The largest absolute Gasteiger partial charge is 0.357 e. The van der Waals surface area contributed by atoms with Crippen molar-refractivity contribution in [2.45, 2.75) is 20.0 Å². The molecule has 2 aromatic rings. The fraction of sp³-hybridized carbons (Fsp3) is 0.375. The number of aromatic nitrogens is 2. The van der Waals surface area contributed by atoms with E-state index in [-0.39, 0.29) is 24.0 Å². The van der Waals surface area contributed by atoms with Crippen LogP contribution in [0.2, 0.25) is 5.02 Å². The minimum atomic E-state index is 0. The Morgan fingerprint density at radius 2 is 2.17 bits per heavy atom. The molecule has 1 N–H and O–H groups in total. The normalized spacial score (nSPS) is 11.0. The molecule has 0 amide bonds. The number of aliphatic imine (C=N–C) groups is 1. The van der Waals surface area contributed by atoms with E-state index in [0.29, 0.717) is 6.54 Å². The van der Waals surface area contributed by atoms with Gasteiger partial charge in [0.1, 0.15) is 0 Å². The number of guanidine groups is 1. The Kier molecular flexibility index (Phi) is 9.01. The smallest absolute Gasteiger partial charge is 0.194 e. The molecule has 0 bridgehead atoms. The van der Waals surface area contributed by atoms with E-state index >= 15 is 0 Å². The quantitative estimate of drug-likeness (QED) is 0.420. The van der Waals surface area contributed by atoms with E-state index in [0.717, 1.165) is 36.2 Å². The molecule has 0 saturated carbocycles. The molecule has 0 aliphatic carbocycles. The summed E-state index contributed by atoms with van der Waals surface area (Å²) in [4.78, 5) is 10.8. The first-order chi connectivity index (χ1) is 10.7. The molecule has 0 unspecified atom stereocenters. The van der Waals surface area contributed by atoms with Gasteiger partial charge in [-0.1, -0.05) is 29.8 Å². The third-order valence-electron chi connectivity index (χ3n) is 3.24. The van der Waals surface area contributed by atoms with Crippen LogP contribution in [0.25, 0.3) is 0 Å². The molecule has 1 aromatic heterocycles. The van der Waals surface area contributed by atoms with Gasteiger partial charge in [-0.05, 0) is 18.6 Å². The van der Waals surface area contributed by atoms with Gasteiger partial charge in [0.05, 0.1) is 12.9 Å². The predicted molar refractivity (Wildman–Crippen MR) is 107 cm³/mol. The van der Waals surface area contributed by atoms with Crippen LogP contribution in [0.1, 0.15) is 12.5 Å². The monoisotopic (exact) mass is 447 g/mol. The van der Waals surface area contributed by atoms with E-state index in [4.69, 9.17) is 11.6 Å². The van der Waals surface area contributed by atoms with Gasteiger partial charge in [0.2, 0.25) is 0 Å². The Labute approximate surface area is 159 Å². The first-order valence-corrected chi connectivity index (χ1v) is 7.77. The fourth-order valence-corrected chi connectivity index (χ4v) is 2.31. The van der Waals surface area contributed by atoms with Gasteiger partial charge in [-0.2, -0.15) is 0 Å². The van der Waals surface area contributed by atoms with Crippen LogP contribution < -0.4 is 5.32 Å². The molecular weight excluding hydrogens is 425 g/mol. The highest BCUT2D eigenvalue weighted by molar-refractivity contribution is 14.0. The lowest BCUT2D eigenvalue weighted by Crippen LogP contribution is -2.38. The first kappa shape index (κ1) is 19.8.